The molecule has 3 rings (SSSR count). The van der Waals surface area contributed by atoms with Crippen LogP contribution >= 0.6 is 45.8 Å². The van der Waals surface area contributed by atoms with Crippen molar-refractivity contribution in [1.82, 2.24) is 10.4 Å². The lowest BCUT2D eigenvalue weighted by Gasteiger charge is -2.15. The number of carbonyl (C=O) groups excluding carboxylic acids is 1. The number of rotatable bonds is 7. The van der Waals surface area contributed by atoms with Gasteiger partial charge in [0.15, 0.2) is 11.5 Å². The first-order valence-electron chi connectivity index (χ1n) is 8.66. The summed E-state index contributed by atoms with van der Waals surface area (Å²) < 4.78 is 12.2. The number of amides is 1. The summed E-state index contributed by atoms with van der Waals surface area (Å²) >= 11 is 14.6. The fourth-order valence-corrected chi connectivity index (χ4v) is 3.79. The highest BCUT2D eigenvalue weighted by molar-refractivity contribution is 14.1. The number of carbonyl (C=O) groups is 1. The second kappa shape index (κ2) is 10.6. The van der Waals surface area contributed by atoms with E-state index in [9.17, 15) is 4.79 Å². The molecule has 0 spiro atoms. The van der Waals surface area contributed by atoms with Gasteiger partial charge in [-0.3, -0.25) is 9.78 Å². The first-order valence-corrected chi connectivity index (χ1v) is 10.5. The maximum atomic E-state index is 12.0. The van der Waals surface area contributed by atoms with E-state index in [1.54, 1.807) is 55.9 Å². The average molecular weight is 556 g/mol. The number of benzene rings is 2. The largest absolute Gasteiger partial charge is 0.493 e. The van der Waals surface area contributed by atoms with Crippen LogP contribution in [0.25, 0.3) is 0 Å². The minimum atomic E-state index is -0.327. The molecule has 9 heteroatoms. The molecule has 1 heterocycles. The van der Waals surface area contributed by atoms with E-state index in [0.717, 1.165) is 9.13 Å². The molecule has 0 saturated heterocycles. The summed E-state index contributed by atoms with van der Waals surface area (Å²) in [6.07, 6.45) is 4.61. The van der Waals surface area contributed by atoms with Crippen LogP contribution in [0.5, 0.6) is 11.5 Å². The molecule has 6 nitrogen and oxygen atoms in total. The highest BCUT2D eigenvalue weighted by Crippen LogP contribution is 2.35. The lowest BCUT2D eigenvalue weighted by molar-refractivity contribution is 0.0955. The Hall–Kier alpha value is -2.36. The van der Waals surface area contributed by atoms with Crippen LogP contribution in [0.3, 0.4) is 0 Å². The van der Waals surface area contributed by atoms with Gasteiger partial charge < -0.3 is 9.47 Å². The molecule has 1 amide bonds. The number of pyridine rings is 1. The molecule has 2 aromatic carbocycles. The minimum Gasteiger partial charge on any atom is -0.493 e. The SMILES string of the molecule is COc1cc(/C=N/NC(=O)c2ccncc2)cc(I)c1OCc1c(Cl)cccc1Cl. The molecule has 0 radical (unpaired) electrons. The number of methoxy groups -OCH3 is 1. The van der Waals surface area contributed by atoms with Crippen molar-refractivity contribution in [2.24, 2.45) is 5.10 Å². The van der Waals surface area contributed by atoms with E-state index in [1.165, 1.54) is 6.21 Å². The number of hydrogen-bond acceptors (Lipinski definition) is 5. The summed E-state index contributed by atoms with van der Waals surface area (Å²) in [5.41, 5.74) is 4.37. The van der Waals surface area contributed by atoms with Gasteiger partial charge in [0.05, 0.1) is 16.9 Å². The van der Waals surface area contributed by atoms with E-state index < -0.39 is 0 Å². The number of aromatic nitrogens is 1. The van der Waals surface area contributed by atoms with E-state index in [-0.39, 0.29) is 12.5 Å². The van der Waals surface area contributed by atoms with Gasteiger partial charge in [-0.25, -0.2) is 5.43 Å². The molecule has 0 unspecified atom stereocenters. The van der Waals surface area contributed by atoms with Gasteiger partial charge in [-0.2, -0.15) is 5.10 Å². The standard InChI is InChI=1S/C21H16Cl2IN3O3/c1-29-19-10-13(11-26-27-21(28)14-5-7-25-8-6-14)9-18(24)20(19)30-12-15-16(22)3-2-4-17(15)23/h2-11H,12H2,1H3,(H,27,28)/b26-11+. The molecule has 30 heavy (non-hydrogen) atoms. The molecule has 0 aliphatic rings. The Balaban J connectivity index is 1.73. The summed E-state index contributed by atoms with van der Waals surface area (Å²) in [6.45, 7) is 0.195. The van der Waals surface area contributed by atoms with Gasteiger partial charge in [-0.15, -0.1) is 0 Å². The number of nitrogens with zero attached hydrogens (tertiary/aromatic N) is 2. The van der Waals surface area contributed by atoms with Gasteiger partial charge in [0, 0.05) is 33.6 Å². The number of hydrazone groups is 1. The normalized spacial score (nSPS) is 10.8. The van der Waals surface area contributed by atoms with Gasteiger partial charge in [-0.1, -0.05) is 29.3 Å². The molecule has 0 saturated carbocycles. The zero-order valence-electron chi connectivity index (χ0n) is 15.7. The van der Waals surface area contributed by atoms with Gasteiger partial charge in [0.25, 0.3) is 5.91 Å². The van der Waals surface area contributed by atoms with Crippen LogP contribution in [0, 0.1) is 3.57 Å². The average Bonchev–Trinajstić information content (AvgIpc) is 2.74. The van der Waals surface area contributed by atoms with Crippen molar-refractivity contribution in [2.45, 2.75) is 6.61 Å². The van der Waals surface area contributed by atoms with E-state index in [1.807, 2.05) is 6.07 Å². The minimum absolute atomic E-state index is 0.195. The number of halogens is 3. The first kappa shape index (κ1) is 22.3. The fraction of sp³-hybridized carbons (Fsp3) is 0.0952. The Labute approximate surface area is 197 Å². The maximum absolute atomic E-state index is 12.0. The van der Waals surface area contributed by atoms with Gasteiger partial charge >= 0.3 is 0 Å². The lowest BCUT2D eigenvalue weighted by Crippen LogP contribution is -2.17. The van der Waals surface area contributed by atoms with E-state index in [0.29, 0.717) is 32.7 Å². The highest BCUT2D eigenvalue weighted by atomic mass is 127. The third-order valence-corrected chi connectivity index (χ3v) is 5.51. The van der Waals surface area contributed by atoms with Crippen LogP contribution in [-0.2, 0) is 6.61 Å². The van der Waals surface area contributed by atoms with Crippen LogP contribution in [-0.4, -0.2) is 24.2 Å². The maximum Gasteiger partial charge on any atom is 0.271 e. The number of nitrogens with one attached hydrogen (secondary N) is 1. The highest BCUT2D eigenvalue weighted by Gasteiger charge is 2.14. The summed E-state index contributed by atoms with van der Waals surface area (Å²) in [7, 11) is 1.55. The van der Waals surface area contributed by atoms with E-state index in [2.05, 4.69) is 38.1 Å². The van der Waals surface area contributed by atoms with E-state index in [4.69, 9.17) is 32.7 Å². The van der Waals surface area contributed by atoms with Crippen molar-refractivity contribution in [3.8, 4) is 11.5 Å². The van der Waals surface area contributed by atoms with Crippen LogP contribution in [0.2, 0.25) is 10.0 Å². The molecular formula is C21H16Cl2IN3O3. The summed E-state index contributed by atoms with van der Waals surface area (Å²) in [5.74, 6) is 0.755. The van der Waals surface area contributed by atoms with Gasteiger partial charge in [0.1, 0.15) is 6.61 Å². The predicted octanol–water partition coefficient (Wildman–Crippen LogP) is 5.34. The first-order chi connectivity index (χ1) is 14.5. The second-order valence-electron chi connectivity index (χ2n) is 5.96. The van der Waals surface area contributed by atoms with E-state index >= 15 is 0 Å². The molecule has 154 valence electrons. The second-order valence-corrected chi connectivity index (χ2v) is 7.93. The summed E-state index contributed by atoms with van der Waals surface area (Å²) in [5, 5.41) is 5.07. The predicted molar refractivity (Wildman–Crippen MR) is 126 cm³/mol. The molecule has 0 aliphatic carbocycles. The zero-order chi connectivity index (χ0) is 21.5. The van der Waals surface area contributed by atoms with Crippen molar-refractivity contribution in [3.63, 3.8) is 0 Å². The van der Waals surface area contributed by atoms with Crippen molar-refractivity contribution in [1.29, 1.82) is 0 Å². The molecule has 1 N–H and O–H groups in total. The molecule has 0 atom stereocenters. The summed E-state index contributed by atoms with van der Waals surface area (Å²) in [6, 6.07) is 12.1. The Bertz CT molecular complexity index is 1060. The van der Waals surface area contributed by atoms with Crippen molar-refractivity contribution >= 4 is 57.9 Å². The molecule has 0 bridgehead atoms. The number of hydrogen-bond donors (Lipinski definition) is 1. The third kappa shape index (κ3) is 5.62. The van der Waals surface area contributed by atoms with Crippen LogP contribution in [0.1, 0.15) is 21.5 Å². The Morgan fingerprint density at radius 1 is 1.20 bits per heavy atom. The quantitative estimate of drug-likeness (QED) is 0.242. The van der Waals surface area contributed by atoms with Crippen molar-refractivity contribution in [2.75, 3.05) is 7.11 Å². The van der Waals surface area contributed by atoms with Crippen molar-refractivity contribution < 1.29 is 14.3 Å². The Kier molecular flexibility index (Phi) is 7.89. The van der Waals surface area contributed by atoms with Crippen LogP contribution < -0.4 is 14.9 Å². The molecule has 0 aliphatic heterocycles. The summed E-state index contributed by atoms with van der Waals surface area (Å²) in [4.78, 5) is 15.9. The lowest BCUT2D eigenvalue weighted by atomic mass is 10.2. The fourth-order valence-electron chi connectivity index (χ4n) is 2.50. The molecule has 0 fully saturated rings. The third-order valence-electron chi connectivity index (χ3n) is 4.00. The monoisotopic (exact) mass is 555 g/mol. The van der Waals surface area contributed by atoms with Gasteiger partial charge in [-0.05, 0) is 64.6 Å². The Morgan fingerprint density at radius 3 is 2.57 bits per heavy atom. The topological polar surface area (TPSA) is 72.8 Å². The zero-order valence-corrected chi connectivity index (χ0v) is 19.4. The van der Waals surface area contributed by atoms with Gasteiger partial charge in [0.2, 0.25) is 0 Å². The Morgan fingerprint density at radius 2 is 1.90 bits per heavy atom. The smallest absolute Gasteiger partial charge is 0.271 e. The molecule has 1 aromatic heterocycles. The molecule has 3 aromatic rings. The van der Waals surface area contributed by atoms with Crippen molar-refractivity contribution in [3.05, 3.63) is 85.2 Å². The van der Waals surface area contributed by atoms with Crippen LogP contribution in [0.15, 0.2) is 60.0 Å². The van der Waals surface area contributed by atoms with Crippen LogP contribution in [0.4, 0.5) is 0 Å². The number of ether oxygens (including phenoxy) is 2. The molecular weight excluding hydrogens is 540 g/mol.